The Morgan fingerprint density at radius 2 is 1.88 bits per heavy atom. The summed E-state index contributed by atoms with van der Waals surface area (Å²) in [5.41, 5.74) is 7.81. The molecule has 0 aliphatic rings. The number of carbonyl (C=O) groups excluding carboxylic acids is 1. The van der Waals surface area contributed by atoms with Crippen LogP contribution in [0.2, 0.25) is 0 Å². The van der Waals surface area contributed by atoms with Crippen molar-refractivity contribution in [3.05, 3.63) is 57.5 Å². The van der Waals surface area contributed by atoms with Gasteiger partial charge in [0.1, 0.15) is 6.04 Å². The highest BCUT2D eigenvalue weighted by molar-refractivity contribution is 5.97. The number of anilines is 2. The molecule has 2 aromatic heterocycles. The van der Waals surface area contributed by atoms with Crippen LogP contribution in [0, 0.1) is 6.92 Å². The second-order valence-electron chi connectivity index (χ2n) is 7.29. The zero-order valence-electron chi connectivity index (χ0n) is 17.6. The summed E-state index contributed by atoms with van der Waals surface area (Å²) in [6.07, 6.45) is 1.00. The third-order valence-electron chi connectivity index (χ3n) is 5.00. The van der Waals surface area contributed by atoms with Crippen LogP contribution in [-0.4, -0.2) is 49.1 Å². The van der Waals surface area contributed by atoms with Gasteiger partial charge in [-0.15, -0.1) is 0 Å². The van der Waals surface area contributed by atoms with Crippen LogP contribution in [0.25, 0.3) is 11.0 Å². The van der Waals surface area contributed by atoms with Crippen LogP contribution in [0.1, 0.15) is 34.3 Å². The molecule has 1 aromatic carbocycles. The van der Waals surface area contributed by atoms with Crippen molar-refractivity contribution in [2.75, 3.05) is 11.1 Å². The van der Waals surface area contributed by atoms with E-state index in [0.29, 0.717) is 23.2 Å². The highest BCUT2D eigenvalue weighted by atomic mass is 16.4. The van der Waals surface area contributed by atoms with Crippen LogP contribution in [0.3, 0.4) is 0 Å². The van der Waals surface area contributed by atoms with E-state index in [1.54, 1.807) is 25.3 Å². The predicted molar refractivity (Wildman–Crippen MR) is 119 cm³/mol. The van der Waals surface area contributed by atoms with Gasteiger partial charge in [0.2, 0.25) is 5.95 Å². The Morgan fingerprint density at radius 1 is 1.18 bits per heavy atom. The van der Waals surface area contributed by atoms with Crippen molar-refractivity contribution in [3.63, 3.8) is 0 Å². The second kappa shape index (κ2) is 9.77. The Morgan fingerprint density at radius 3 is 2.52 bits per heavy atom. The maximum absolute atomic E-state index is 12.3. The van der Waals surface area contributed by atoms with Crippen LogP contribution < -0.4 is 21.9 Å². The van der Waals surface area contributed by atoms with Gasteiger partial charge >= 0.3 is 11.9 Å². The normalized spacial score (nSPS) is 11.7. The number of hydrogen-bond acceptors (Lipinski definition) is 8. The minimum Gasteiger partial charge on any atom is -0.481 e. The molecule has 1 amide bonds. The molecule has 7 N–H and O–H groups in total. The number of aromatic nitrogens is 3. The van der Waals surface area contributed by atoms with Crippen molar-refractivity contribution >= 4 is 40.5 Å². The lowest BCUT2D eigenvalue weighted by Gasteiger charge is -2.14. The average Bonchev–Trinajstić information content (AvgIpc) is 2.75. The molecule has 1 atom stereocenters. The quantitative estimate of drug-likeness (QED) is 0.269. The Kier molecular flexibility index (Phi) is 6.86. The number of rotatable bonds is 9. The number of hydrogen-bond donors (Lipinski definition) is 6. The van der Waals surface area contributed by atoms with E-state index in [9.17, 15) is 19.2 Å². The first-order chi connectivity index (χ1) is 15.7. The van der Waals surface area contributed by atoms with Crippen LogP contribution >= 0.6 is 0 Å². The average molecular weight is 454 g/mol. The first-order valence-electron chi connectivity index (χ1n) is 9.89. The molecule has 172 valence electrons. The van der Waals surface area contributed by atoms with Gasteiger partial charge in [0.25, 0.3) is 11.5 Å². The van der Waals surface area contributed by atoms with E-state index in [-0.39, 0.29) is 35.6 Å². The molecule has 1 unspecified atom stereocenters. The van der Waals surface area contributed by atoms with E-state index in [1.165, 1.54) is 12.1 Å². The van der Waals surface area contributed by atoms with Crippen LogP contribution in [0.15, 0.2) is 35.3 Å². The number of pyridine rings is 1. The van der Waals surface area contributed by atoms with Gasteiger partial charge in [0.05, 0.1) is 5.39 Å². The van der Waals surface area contributed by atoms with Gasteiger partial charge in [0.15, 0.2) is 5.65 Å². The number of amides is 1. The van der Waals surface area contributed by atoms with Crippen molar-refractivity contribution in [2.24, 2.45) is 0 Å². The summed E-state index contributed by atoms with van der Waals surface area (Å²) < 4.78 is 0. The third kappa shape index (κ3) is 5.61. The minimum absolute atomic E-state index is 0.00837. The number of nitrogens with one attached hydrogen (secondary N) is 3. The van der Waals surface area contributed by atoms with Gasteiger partial charge in [-0.05, 0) is 48.7 Å². The summed E-state index contributed by atoms with van der Waals surface area (Å²) in [4.78, 5) is 57.1. The van der Waals surface area contributed by atoms with E-state index in [1.807, 2.05) is 0 Å². The highest BCUT2D eigenvalue weighted by Gasteiger charge is 2.21. The molecule has 0 fully saturated rings. The molecule has 33 heavy (non-hydrogen) atoms. The molecule has 2 heterocycles. The van der Waals surface area contributed by atoms with E-state index in [2.05, 4.69) is 25.6 Å². The zero-order chi connectivity index (χ0) is 24.1. The van der Waals surface area contributed by atoms with E-state index < -0.39 is 23.9 Å². The number of aryl methyl sites for hydroxylation is 1. The molecule has 0 radical (unpaired) electrons. The molecule has 3 rings (SSSR count). The molecule has 0 saturated heterocycles. The fourth-order valence-electron chi connectivity index (χ4n) is 3.19. The van der Waals surface area contributed by atoms with E-state index >= 15 is 0 Å². The summed E-state index contributed by atoms with van der Waals surface area (Å²) in [5.74, 6) is -3.09. The largest absolute Gasteiger partial charge is 0.481 e. The first kappa shape index (κ1) is 23.2. The third-order valence-corrected chi connectivity index (χ3v) is 5.00. The summed E-state index contributed by atoms with van der Waals surface area (Å²) >= 11 is 0. The second-order valence-corrected chi connectivity index (χ2v) is 7.29. The molecule has 0 bridgehead atoms. The zero-order valence-corrected chi connectivity index (χ0v) is 17.6. The predicted octanol–water partition coefficient (Wildman–Crippen LogP) is 0.869. The van der Waals surface area contributed by atoms with Crippen molar-refractivity contribution in [3.8, 4) is 0 Å². The number of nitrogens with zero attached hydrogens (tertiary/aromatic N) is 2. The number of aromatic amines is 1. The molecule has 0 aliphatic heterocycles. The molecule has 12 heteroatoms. The molecule has 0 spiro atoms. The van der Waals surface area contributed by atoms with Gasteiger partial charge in [0, 0.05) is 30.4 Å². The lowest BCUT2D eigenvalue weighted by Crippen LogP contribution is -2.41. The number of carboxylic acids is 2. The highest BCUT2D eigenvalue weighted by Crippen LogP contribution is 2.18. The Hall–Kier alpha value is -4.48. The molecule has 0 aliphatic carbocycles. The van der Waals surface area contributed by atoms with Crippen molar-refractivity contribution < 1.29 is 24.6 Å². The number of nitrogens with two attached hydrogens (primary N) is 1. The van der Waals surface area contributed by atoms with E-state index in [0.717, 1.165) is 5.56 Å². The topological polar surface area (TPSA) is 200 Å². The molecule has 3 aromatic rings. The number of carbonyl (C=O) groups is 3. The number of carboxylic acid groups (broad SMARTS) is 2. The number of fused-ring (bicyclic) bond motifs is 1. The molecular formula is C21H22N6O6. The molecular weight excluding hydrogens is 432 g/mol. The van der Waals surface area contributed by atoms with Gasteiger partial charge < -0.3 is 26.6 Å². The summed E-state index contributed by atoms with van der Waals surface area (Å²) in [6.45, 7) is 2.13. The van der Waals surface area contributed by atoms with Crippen LogP contribution in [0.4, 0.5) is 11.6 Å². The Labute approximate surface area is 186 Å². The van der Waals surface area contributed by atoms with Gasteiger partial charge in [-0.3, -0.25) is 19.4 Å². The summed E-state index contributed by atoms with van der Waals surface area (Å²) in [6, 6.07) is 5.00. The summed E-state index contributed by atoms with van der Waals surface area (Å²) in [5, 5.41) is 23.7. The SMILES string of the molecule is Cc1c(CNc2ccc(C(=O)NC(CCC(=O)O)C(=O)O)cc2)cnc2nc(N)[nH]c(=O)c12. The minimum atomic E-state index is -1.31. The Balaban J connectivity index is 1.67. The number of nitrogen functional groups attached to an aromatic ring is 1. The molecule has 12 nitrogen and oxygen atoms in total. The van der Waals surface area contributed by atoms with Gasteiger partial charge in [-0.25, -0.2) is 9.78 Å². The first-order valence-corrected chi connectivity index (χ1v) is 9.89. The van der Waals surface area contributed by atoms with Crippen LogP contribution in [-0.2, 0) is 16.1 Å². The molecule has 0 saturated carbocycles. The Bertz CT molecular complexity index is 1270. The van der Waals surface area contributed by atoms with E-state index in [4.69, 9.17) is 15.9 Å². The number of H-pyrrole nitrogens is 1. The lowest BCUT2D eigenvalue weighted by atomic mass is 10.1. The standard InChI is InChI=1S/C21H22N6O6/c1-10-12(9-24-17-16(10)19(31)27-21(22)26-17)8-23-13-4-2-11(3-5-13)18(30)25-14(20(32)33)6-7-15(28)29/h2-5,9,14,23H,6-8H2,1H3,(H,25,30)(H,28,29)(H,32,33)(H3,22,24,26,27,31). The van der Waals surface area contributed by atoms with Crippen LogP contribution in [0.5, 0.6) is 0 Å². The monoisotopic (exact) mass is 454 g/mol. The smallest absolute Gasteiger partial charge is 0.326 e. The fraction of sp³-hybridized carbons (Fsp3) is 0.238. The van der Waals surface area contributed by atoms with Crippen molar-refractivity contribution in [2.45, 2.75) is 32.4 Å². The lowest BCUT2D eigenvalue weighted by molar-refractivity contribution is -0.140. The summed E-state index contributed by atoms with van der Waals surface area (Å²) in [7, 11) is 0. The van der Waals surface area contributed by atoms with Crippen molar-refractivity contribution in [1.82, 2.24) is 20.3 Å². The maximum Gasteiger partial charge on any atom is 0.326 e. The maximum atomic E-state index is 12.3. The number of aliphatic carboxylic acids is 2. The number of benzene rings is 1. The fourth-order valence-corrected chi connectivity index (χ4v) is 3.19. The van der Waals surface area contributed by atoms with Crippen molar-refractivity contribution in [1.29, 1.82) is 0 Å². The van der Waals surface area contributed by atoms with Gasteiger partial charge in [-0.2, -0.15) is 4.98 Å². The van der Waals surface area contributed by atoms with Gasteiger partial charge in [-0.1, -0.05) is 0 Å².